The van der Waals surface area contributed by atoms with Gasteiger partial charge in [0.2, 0.25) is 0 Å². The van der Waals surface area contributed by atoms with Crippen molar-refractivity contribution < 1.29 is 0 Å². The Hall–Kier alpha value is -1.82. The minimum Gasteiger partial charge on any atom is -0.0905 e. The molecule has 0 aliphatic heterocycles. The number of hydrogen-bond donors (Lipinski definition) is 0. The normalized spacial score (nSPS) is 12.4. The van der Waals surface area contributed by atoms with E-state index in [1.807, 2.05) is 0 Å². The first-order valence-corrected chi connectivity index (χ1v) is 5.73. The van der Waals surface area contributed by atoms with Crippen LogP contribution in [0.1, 0.15) is 23.6 Å². The minimum atomic E-state index is 1.09. The second-order valence-electron chi connectivity index (χ2n) is 4.26. The Kier molecular flexibility index (Phi) is 1.97. The molecule has 0 atom stereocenters. The van der Waals surface area contributed by atoms with Gasteiger partial charge in [0.1, 0.15) is 0 Å². The summed E-state index contributed by atoms with van der Waals surface area (Å²) in [4.78, 5) is 0. The van der Waals surface area contributed by atoms with Gasteiger partial charge in [-0.15, -0.1) is 0 Å². The molecule has 2 aromatic carbocycles. The molecule has 1 aliphatic rings. The van der Waals surface area contributed by atoms with Crippen LogP contribution >= 0.6 is 0 Å². The maximum absolute atomic E-state index is 4.19. The van der Waals surface area contributed by atoms with Gasteiger partial charge >= 0.3 is 0 Å². The summed E-state index contributed by atoms with van der Waals surface area (Å²) in [5.41, 5.74) is 7.80. The van der Waals surface area contributed by atoms with Crippen molar-refractivity contribution >= 4 is 5.57 Å². The first kappa shape index (κ1) is 9.41. The average molecular weight is 206 g/mol. The largest absolute Gasteiger partial charge is 0.0905 e. The zero-order chi connectivity index (χ0) is 11.1. The Morgan fingerprint density at radius 2 is 1.56 bits per heavy atom. The lowest BCUT2D eigenvalue weighted by atomic mass is 10.0. The predicted octanol–water partition coefficient (Wildman–Crippen LogP) is 4.29. The standard InChI is InChI=1S/C16H14/c1-3-12-8-9-14-11(2)13-6-4-5-7-15(13)16(14)10-12/h4-10H,2-3H2,1H3. The van der Waals surface area contributed by atoms with Gasteiger partial charge in [-0.2, -0.15) is 0 Å². The SMILES string of the molecule is C=C1c2ccccc2-c2cc(CC)ccc21. The van der Waals surface area contributed by atoms with Crippen molar-refractivity contribution in [1.82, 2.24) is 0 Å². The number of hydrogen-bond acceptors (Lipinski definition) is 0. The smallest absolute Gasteiger partial charge is 0.00964 e. The van der Waals surface area contributed by atoms with Crippen LogP contribution in [0.25, 0.3) is 16.7 Å². The first-order chi connectivity index (χ1) is 7.81. The Morgan fingerprint density at radius 1 is 0.875 bits per heavy atom. The van der Waals surface area contributed by atoms with E-state index < -0.39 is 0 Å². The van der Waals surface area contributed by atoms with E-state index in [4.69, 9.17) is 0 Å². The van der Waals surface area contributed by atoms with Crippen LogP contribution in [0.3, 0.4) is 0 Å². The Balaban J connectivity index is 2.31. The molecule has 0 unspecified atom stereocenters. The monoisotopic (exact) mass is 206 g/mol. The topological polar surface area (TPSA) is 0 Å². The number of benzene rings is 2. The molecule has 0 bridgehead atoms. The van der Waals surface area contributed by atoms with Crippen LogP contribution in [-0.4, -0.2) is 0 Å². The van der Waals surface area contributed by atoms with Gasteiger partial charge < -0.3 is 0 Å². The molecule has 1 aliphatic carbocycles. The lowest BCUT2D eigenvalue weighted by Gasteiger charge is -2.03. The molecule has 0 N–H and O–H groups in total. The molecule has 3 rings (SSSR count). The van der Waals surface area contributed by atoms with Gasteiger partial charge in [-0.1, -0.05) is 56.0 Å². The fourth-order valence-electron chi connectivity index (χ4n) is 2.42. The second-order valence-corrected chi connectivity index (χ2v) is 4.26. The van der Waals surface area contributed by atoms with Crippen molar-refractivity contribution in [3.05, 3.63) is 65.7 Å². The summed E-state index contributed by atoms with van der Waals surface area (Å²) in [5.74, 6) is 0. The molecule has 0 nitrogen and oxygen atoms in total. The minimum absolute atomic E-state index is 1.09. The van der Waals surface area contributed by atoms with E-state index in [1.165, 1.54) is 27.8 Å². The first-order valence-electron chi connectivity index (χ1n) is 5.73. The summed E-state index contributed by atoms with van der Waals surface area (Å²) >= 11 is 0. The van der Waals surface area contributed by atoms with Crippen LogP contribution in [-0.2, 0) is 6.42 Å². The van der Waals surface area contributed by atoms with Crippen molar-refractivity contribution in [2.45, 2.75) is 13.3 Å². The van der Waals surface area contributed by atoms with Crippen LogP contribution in [0.15, 0.2) is 49.0 Å². The molecule has 0 heteroatoms. The molecule has 16 heavy (non-hydrogen) atoms. The van der Waals surface area contributed by atoms with E-state index in [0.717, 1.165) is 12.0 Å². The van der Waals surface area contributed by atoms with E-state index in [2.05, 4.69) is 56.0 Å². The molecule has 0 saturated carbocycles. The molecule has 2 aromatic rings. The highest BCUT2D eigenvalue weighted by Crippen LogP contribution is 2.43. The van der Waals surface area contributed by atoms with Gasteiger partial charge in [-0.05, 0) is 39.8 Å². The van der Waals surface area contributed by atoms with E-state index in [-0.39, 0.29) is 0 Å². The van der Waals surface area contributed by atoms with Crippen molar-refractivity contribution in [3.8, 4) is 11.1 Å². The molecule has 0 aromatic heterocycles. The molecule has 78 valence electrons. The maximum atomic E-state index is 4.19. The van der Waals surface area contributed by atoms with Gasteiger partial charge in [0.15, 0.2) is 0 Å². The van der Waals surface area contributed by atoms with E-state index >= 15 is 0 Å². The maximum Gasteiger partial charge on any atom is -0.00964 e. The summed E-state index contributed by atoms with van der Waals surface area (Å²) in [6.45, 7) is 6.38. The van der Waals surface area contributed by atoms with Gasteiger partial charge in [-0.3, -0.25) is 0 Å². The third kappa shape index (κ3) is 1.16. The van der Waals surface area contributed by atoms with E-state index in [1.54, 1.807) is 0 Å². The third-order valence-electron chi connectivity index (χ3n) is 3.36. The quantitative estimate of drug-likeness (QED) is 0.557. The highest BCUT2D eigenvalue weighted by atomic mass is 14.2. The summed E-state index contributed by atoms with van der Waals surface area (Å²) in [6.07, 6.45) is 1.09. The Labute approximate surface area is 96.3 Å². The van der Waals surface area contributed by atoms with E-state index in [9.17, 15) is 0 Å². The van der Waals surface area contributed by atoms with Crippen molar-refractivity contribution in [1.29, 1.82) is 0 Å². The van der Waals surface area contributed by atoms with E-state index in [0.29, 0.717) is 0 Å². The molecular weight excluding hydrogens is 192 g/mol. The zero-order valence-electron chi connectivity index (χ0n) is 9.46. The molecule has 0 spiro atoms. The highest BCUT2D eigenvalue weighted by Gasteiger charge is 2.20. The molecule has 0 saturated heterocycles. The van der Waals surface area contributed by atoms with Gasteiger partial charge in [0, 0.05) is 0 Å². The summed E-state index contributed by atoms with van der Waals surface area (Å²) in [5, 5.41) is 0. The van der Waals surface area contributed by atoms with Crippen molar-refractivity contribution in [2.24, 2.45) is 0 Å². The van der Waals surface area contributed by atoms with Crippen molar-refractivity contribution in [2.75, 3.05) is 0 Å². The number of rotatable bonds is 1. The van der Waals surface area contributed by atoms with Crippen LogP contribution in [0, 0.1) is 0 Å². The molecule has 0 radical (unpaired) electrons. The van der Waals surface area contributed by atoms with Crippen molar-refractivity contribution in [3.63, 3.8) is 0 Å². The summed E-state index contributed by atoms with van der Waals surface area (Å²) in [7, 11) is 0. The average Bonchev–Trinajstić information content (AvgIpc) is 2.64. The fourth-order valence-corrected chi connectivity index (χ4v) is 2.42. The lowest BCUT2D eigenvalue weighted by molar-refractivity contribution is 1.14. The molecular formula is C16H14. The number of aryl methyl sites for hydroxylation is 1. The molecule has 0 heterocycles. The number of fused-ring (bicyclic) bond motifs is 3. The molecule has 0 amide bonds. The predicted molar refractivity (Wildman–Crippen MR) is 69.4 cm³/mol. The second kappa shape index (κ2) is 3.34. The fraction of sp³-hybridized carbons (Fsp3) is 0.125. The zero-order valence-corrected chi connectivity index (χ0v) is 9.46. The summed E-state index contributed by atoms with van der Waals surface area (Å²) in [6, 6.07) is 15.2. The van der Waals surface area contributed by atoms with Crippen LogP contribution < -0.4 is 0 Å². The van der Waals surface area contributed by atoms with Crippen LogP contribution in [0.2, 0.25) is 0 Å². The van der Waals surface area contributed by atoms with Gasteiger partial charge in [0.05, 0.1) is 0 Å². The van der Waals surface area contributed by atoms with Gasteiger partial charge in [0.25, 0.3) is 0 Å². The Bertz CT molecular complexity index is 576. The highest BCUT2D eigenvalue weighted by molar-refractivity contribution is 6.00. The summed E-state index contributed by atoms with van der Waals surface area (Å²) < 4.78 is 0. The third-order valence-corrected chi connectivity index (χ3v) is 3.36. The van der Waals surface area contributed by atoms with Crippen LogP contribution in [0.4, 0.5) is 0 Å². The van der Waals surface area contributed by atoms with Crippen LogP contribution in [0.5, 0.6) is 0 Å². The Morgan fingerprint density at radius 3 is 2.31 bits per heavy atom. The lowest BCUT2D eigenvalue weighted by Crippen LogP contribution is -1.83. The molecule has 0 fully saturated rings. The van der Waals surface area contributed by atoms with Gasteiger partial charge in [-0.25, -0.2) is 0 Å².